The van der Waals surface area contributed by atoms with Crippen molar-refractivity contribution in [3.8, 4) is 33.4 Å². The average Bonchev–Trinajstić information content (AvgIpc) is 3.72. The summed E-state index contributed by atoms with van der Waals surface area (Å²) in [5, 5.41) is 13.0. The van der Waals surface area contributed by atoms with Crippen molar-refractivity contribution in [3.05, 3.63) is 170 Å². The van der Waals surface area contributed by atoms with Crippen molar-refractivity contribution in [1.29, 1.82) is 0 Å². The summed E-state index contributed by atoms with van der Waals surface area (Å²) >= 11 is 3.80. The third kappa shape index (κ3) is 4.23. The zero-order valence-electron chi connectivity index (χ0n) is 27.0. The lowest BCUT2D eigenvalue weighted by Crippen LogP contribution is -1.91. The fraction of sp³-hybridized carbons (Fsp3) is 0. The van der Waals surface area contributed by atoms with Gasteiger partial charge in [-0.05, 0) is 108 Å². The van der Waals surface area contributed by atoms with Crippen LogP contribution in [0.3, 0.4) is 0 Å². The van der Waals surface area contributed by atoms with Gasteiger partial charge in [0.1, 0.15) is 0 Å². The van der Waals surface area contributed by atoms with Crippen molar-refractivity contribution in [1.82, 2.24) is 0 Å². The SMILES string of the molecule is c1ccc(-c2ccc3cc(-c4c5ccccc5c(-c5ccc6sc7cc8sc9ccccc9c8cc7c6c5)c5ccccc45)ccc3c2)cc1. The summed E-state index contributed by atoms with van der Waals surface area (Å²) in [6.07, 6.45) is 0. The zero-order chi connectivity index (χ0) is 32.8. The van der Waals surface area contributed by atoms with Crippen LogP contribution in [-0.4, -0.2) is 0 Å². The van der Waals surface area contributed by atoms with Gasteiger partial charge in [-0.25, -0.2) is 0 Å². The van der Waals surface area contributed by atoms with Gasteiger partial charge in [-0.3, -0.25) is 0 Å². The molecule has 0 aliphatic carbocycles. The summed E-state index contributed by atoms with van der Waals surface area (Å²) in [4.78, 5) is 0. The summed E-state index contributed by atoms with van der Waals surface area (Å²) < 4.78 is 5.41. The third-order valence-electron chi connectivity index (χ3n) is 10.4. The van der Waals surface area contributed by atoms with Gasteiger partial charge in [0.2, 0.25) is 0 Å². The topological polar surface area (TPSA) is 0 Å². The first-order valence-electron chi connectivity index (χ1n) is 17.1. The van der Waals surface area contributed by atoms with Crippen LogP contribution in [0.15, 0.2) is 170 Å². The van der Waals surface area contributed by atoms with E-state index in [1.54, 1.807) is 0 Å². The Bertz CT molecular complexity index is 3080. The minimum atomic E-state index is 1.24. The van der Waals surface area contributed by atoms with Crippen LogP contribution in [0.2, 0.25) is 0 Å². The third-order valence-corrected chi connectivity index (χ3v) is 12.7. The highest BCUT2D eigenvalue weighted by Crippen LogP contribution is 2.47. The molecule has 11 aromatic rings. The maximum Gasteiger partial charge on any atom is 0.0369 e. The summed E-state index contributed by atoms with van der Waals surface area (Å²) in [6.45, 7) is 0. The summed E-state index contributed by atoms with van der Waals surface area (Å²) in [5.41, 5.74) is 7.59. The van der Waals surface area contributed by atoms with Crippen LogP contribution in [0.25, 0.3) is 106 Å². The number of rotatable bonds is 3. The van der Waals surface area contributed by atoms with Crippen LogP contribution >= 0.6 is 22.7 Å². The Balaban J connectivity index is 1.13. The Labute approximate surface area is 297 Å². The monoisotopic (exact) mass is 668 g/mol. The first kappa shape index (κ1) is 28.1. The highest BCUT2D eigenvalue weighted by molar-refractivity contribution is 7.28. The second-order valence-electron chi connectivity index (χ2n) is 13.2. The molecule has 2 aromatic heterocycles. The first-order chi connectivity index (χ1) is 24.8. The van der Waals surface area contributed by atoms with Crippen molar-refractivity contribution in [3.63, 3.8) is 0 Å². The lowest BCUT2D eigenvalue weighted by Gasteiger charge is -2.18. The van der Waals surface area contributed by atoms with Gasteiger partial charge in [0.15, 0.2) is 0 Å². The summed E-state index contributed by atoms with van der Waals surface area (Å²) in [6, 6.07) is 63.2. The molecule has 9 aromatic carbocycles. The molecular weight excluding hydrogens is 641 g/mol. The van der Waals surface area contributed by atoms with Crippen molar-refractivity contribution < 1.29 is 0 Å². The van der Waals surface area contributed by atoms with E-state index in [1.807, 2.05) is 22.7 Å². The van der Waals surface area contributed by atoms with Crippen LogP contribution in [0.1, 0.15) is 0 Å². The van der Waals surface area contributed by atoms with Gasteiger partial charge in [-0.15, -0.1) is 22.7 Å². The van der Waals surface area contributed by atoms with Gasteiger partial charge < -0.3 is 0 Å². The molecule has 0 nitrogen and oxygen atoms in total. The molecule has 0 spiro atoms. The largest absolute Gasteiger partial charge is 0.135 e. The molecule has 0 radical (unpaired) electrons. The Kier molecular flexibility index (Phi) is 6.09. The molecule has 11 rings (SSSR count). The predicted molar refractivity (Wildman–Crippen MR) is 221 cm³/mol. The predicted octanol–water partition coefficient (Wildman–Crippen LogP) is 14.9. The van der Waals surface area contributed by atoms with Crippen LogP contribution < -0.4 is 0 Å². The molecule has 0 fully saturated rings. The van der Waals surface area contributed by atoms with E-state index in [-0.39, 0.29) is 0 Å². The molecule has 2 heterocycles. The van der Waals surface area contributed by atoms with Crippen LogP contribution in [0.4, 0.5) is 0 Å². The van der Waals surface area contributed by atoms with Crippen LogP contribution in [-0.2, 0) is 0 Å². The second-order valence-corrected chi connectivity index (χ2v) is 15.4. The molecule has 232 valence electrons. The maximum absolute atomic E-state index is 2.45. The Hall–Kier alpha value is -5.80. The Morgan fingerprint density at radius 1 is 0.240 bits per heavy atom. The fourth-order valence-electron chi connectivity index (χ4n) is 8.11. The second kappa shape index (κ2) is 10.9. The van der Waals surface area contributed by atoms with Gasteiger partial charge in [0.25, 0.3) is 0 Å². The molecule has 0 saturated carbocycles. The number of benzene rings is 9. The number of hydrogen-bond acceptors (Lipinski definition) is 2. The van der Waals surface area contributed by atoms with Gasteiger partial charge >= 0.3 is 0 Å². The first-order valence-corrected chi connectivity index (χ1v) is 18.7. The quantitative estimate of drug-likeness (QED) is 0.164. The van der Waals surface area contributed by atoms with Gasteiger partial charge in [0, 0.05) is 40.3 Å². The van der Waals surface area contributed by atoms with E-state index in [4.69, 9.17) is 0 Å². The van der Waals surface area contributed by atoms with E-state index in [0.29, 0.717) is 0 Å². The van der Waals surface area contributed by atoms with Crippen molar-refractivity contribution >= 4 is 95.3 Å². The molecule has 0 unspecified atom stereocenters. The minimum absolute atomic E-state index is 1.24. The summed E-state index contributed by atoms with van der Waals surface area (Å²) in [7, 11) is 0. The normalized spacial score (nSPS) is 12.0. The molecule has 0 bridgehead atoms. The molecule has 0 aliphatic rings. The van der Waals surface area contributed by atoms with Crippen LogP contribution in [0, 0.1) is 0 Å². The lowest BCUT2D eigenvalue weighted by atomic mass is 9.85. The van der Waals surface area contributed by atoms with E-state index < -0.39 is 0 Å². The highest BCUT2D eigenvalue weighted by atomic mass is 32.1. The van der Waals surface area contributed by atoms with Crippen molar-refractivity contribution in [2.75, 3.05) is 0 Å². The molecule has 0 saturated heterocycles. The van der Waals surface area contributed by atoms with E-state index in [1.165, 1.54) is 106 Å². The lowest BCUT2D eigenvalue weighted by molar-refractivity contribution is 1.64. The average molecular weight is 669 g/mol. The Morgan fingerprint density at radius 3 is 1.36 bits per heavy atom. The van der Waals surface area contributed by atoms with Crippen molar-refractivity contribution in [2.45, 2.75) is 0 Å². The number of hydrogen-bond donors (Lipinski definition) is 0. The van der Waals surface area contributed by atoms with E-state index in [0.717, 1.165) is 0 Å². The molecule has 50 heavy (non-hydrogen) atoms. The molecule has 2 heteroatoms. The molecule has 0 aliphatic heterocycles. The van der Waals surface area contributed by atoms with E-state index in [2.05, 4.69) is 170 Å². The molecule has 0 N–H and O–H groups in total. The number of thiophene rings is 2. The highest BCUT2D eigenvalue weighted by Gasteiger charge is 2.18. The van der Waals surface area contributed by atoms with E-state index in [9.17, 15) is 0 Å². The minimum Gasteiger partial charge on any atom is -0.135 e. The Morgan fingerprint density at radius 2 is 0.700 bits per heavy atom. The maximum atomic E-state index is 2.45. The molecular formula is C48H28S2. The van der Waals surface area contributed by atoms with Crippen molar-refractivity contribution in [2.24, 2.45) is 0 Å². The summed E-state index contributed by atoms with van der Waals surface area (Å²) in [5.74, 6) is 0. The molecule has 0 atom stereocenters. The standard InChI is InChI=1S/C48H28S2/c1-2-10-29(11-3-1)30-18-19-32-25-33(21-20-31(32)24-30)47-36-13-4-6-15-38(36)48(39-16-7-5-14-37(39)47)34-22-23-44-40(26-34)42-27-41-35-12-8-9-17-43(35)49-45(41)28-46(42)50-44/h1-28H. The van der Waals surface area contributed by atoms with Gasteiger partial charge in [-0.1, -0.05) is 127 Å². The number of fused-ring (bicyclic) bond motifs is 9. The zero-order valence-corrected chi connectivity index (χ0v) is 28.6. The van der Waals surface area contributed by atoms with Gasteiger partial charge in [-0.2, -0.15) is 0 Å². The smallest absolute Gasteiger partial charge is 0.0369 e. The fourth-order valence-corrected chi connectivity index (χ4v) is 10.4. The van der Waals surface area contributed by atoms with Crippen LogP contribution in [0.5, 0.6) is 0 Å². The molecule has 0 amide bonds. The van der Waals surface area contributed by atoms with E-state index >= 15 is 0 Å². The van der Waals surface area contributed by atoms with Gasteiger partial charge in [0.05, 0.1) is 0 Å².